The topological polar surface area (TPSA) is 58.0 Å². The van der Waals surface area contributed by atoms with E-state index in [1.165, 1.54) is 5.69 Å². The minimum absolute atomic E-state index is 0.0717. The van der Waals surface area contributed by atoms with Crippen molar-refractivity contribution in [3.8, 4) is 11.4 Å². The molecule has 0 aliphatic carbocycles. The van der Waals surface area contributed by atoms with Gasteiger partial charge in [-0.3, -0.25) is 10.4 Å². The van der Waals surface area contributed by atoms with Crippen LogP contribution < -0.4 is 11.0 Å². The van der Waals surface area contributed by atoms with E-state index < -0.39 is 5.51 Å². The second-order valence-electron chi connectivity index (χ2n) is 7.72. The Labute approximate surface area is 176 Å². The molecule has 1 saturated heterocycles. The lowest BCUT2D eigenvalue weighted by molar-refractivity contribution is -0.0328. The van der Waals surface area contributed by atoms with Gasteiger partial charge in [-0.05, 0) is 67.4 Å². The van der Waals surface area contributed by atoms with Crippen molar-refractivity contribution in [3.63, 3.8) is 0 Å². The number of hydrogen-bond acceptors (Lipinski definition) is 6. The summed E-state index contributed by atoms with van der Waals surface area (Å²) in [5.41, 5.74) is 5.61. The number of thioether (sulfide) groups is 1. The summed E-state index contributed by atoms with van der Waals surface area (Å²) in [6.07, 6.45) is 5.63. The number of fused-ring (bicyclic) bond motifs is 3. The van der Waals surface area contributed by atoms with E-state index in [2.05, 4.69) is 25.8 Å². The maximum Gasteiger partial charge on any atom is 0.446 e. The molecule has 10 heteroatoms. The zero-order chi connectivity index (χ0) is 20.7. The monoisotopic (exact) mass is 434 g/mol. The average molecular weight is 434 g/mol. The highest BCUT2D eigenvalue weighted by atomic mass is 32.2. The smallest absolute Gasteiger partial charge is 0.299 e. The van der Waals surface area contributed by atoms with E-state index in [0.717, 1.165) is 49.4 Å². The largest absolute Gasteiger partial charge is 0.446 e. The van der Waals surface area contributed by atoms with Crippen molar-refractivity contribution in [2.45, 2.75) is 35.8 Å². The van der Waals surface area contributed by atoms with Gasteiger partial charge in [0.05, 0.1) is 11.7 Å². The van der Waals surface area contributed by atoms with Crippen LogP contribution in [-0.4, -0.2) is 38.1 Å². The fourth-order valence-electron chi connectivity index (χ4n) is 4.39. The van der Waals surface area contributed by atoms with Crippen molar-refractivity contribution in [1.29, 1.82) is 0 Å². The van der Waals surface area contributed by atoms with E-state index in [0.29, 0.717) is 5.92 Å². The van der Waals surface area contributed by atoms with Crippen LogP contribution in [0.5, 0.6) is 0 Å². The first-order chi connectivity index (χ1) is 14.5. The minimum atomic E-state index is -4.25. The number of alkyl halides is 3. The molecule has 1 aromatic carbocycles. The summed E-state index contributed by atoms with van der Waals surface area (Å²) < 4.78 is 39.4. The molecule has 4 aliphatic rings. The van der Waals surface area contributed by atoms with Crippen LogP contribution in [0, 0.1) is 5.92 Å². The molecule has 0 saturated carbocycles. The van der Waals surface area contributed by atoms with E-state index in [4.69, 9.17) is 0 Å². The van der Waals surface area contributed by atoms with Crippen LogP contribution in [0.2, 0.25) is 0 Å². The second-order valence-corrected chi connectivity index (χ2v) is 8.86. The SMILES string of the molecule is FC(F)(F)Sc1ccc(CN2CCC(C3NNn4cnc5nccc-5c43)CC2)cc1. The third kappa shape index (κ3) is 3.99. The molecule has 2 N–H and O–H groups in total. The van der Waals surface area contributed by atoms with Crippen molar-refractivity contribution < 1.29 is 13.2 Å². The highest BCUT2D eigenvalue weighted by molar-refractivity contribution is 8.00. The van der Waals surface area contributed by atoms with Crippen LogP contribution >= 0.6 is 11.8 Å². The van der Waals surface area contributed by atoms with Crippen molar-refractivity contribution in [2.24, 2.45) is 5.92 Å². The highest BCUT2D eigenvalue weighted by Gasteiger charge is 2.35. The highest BCUT2D eigenvalue weighted by Crippen LogP contribution is 2.38. The maximum absolute atomic E-state index is 12.5. The number of nitrogens with one attached hydrogen (secondary N) is 2. The van der Waals surface area contributed by atoms with Crippen LogP contribution in [0.1, 0.15) is 30.1 Å². The summed E-state index contributed by atoms with van der Waals surface area (Å²) in [5.74, 6) is 1.25. The van der Waals surface area contributed by atoms with E-state index >= 15 is 0 Å². The van der Waals surface area contributed by atoms with Gasteiger partial charge in [-0.2, -0.15) is 13.2 Å². The number of likely N-dealkylation sites (tertiary alicyclic amines) is 1. The van der Waals surface area contributed by atoms with Crippen molar-refractivity contribution in [3.05, 3.63) is 54.1 Å². The maximum atomic E-state index is 12.5. The summed E-state index contributed by atoms with van der Waals surface area (Å²) in [4.78, 5) is 11.3. The molecule has 5 rings (SSSR count). The molecule has 0 spiro atoms. The van der Waals surface area contributed by atoms with Crippen LogP contribution in [0.3, 0.4) is 0 Å². The summed E-state index contributed by atoms with van der Waals surface area (Å²) in [7, 11) is 0. The number of piperidine rings is 1. The number of hydrazine groups is 1. The molecule has 158 valence electrons. The standard InChI is InChI=1S/C20H21F3N6S/c21-20(22,23)30-15-3-1-13(2-4-15)11-28-9-6-14(7-10-28)17-18-16-5-8-24-19(16)25-12-29(18)27-26-17/h1-5,8,12,14,17,26-27H,6-7,9-11H2. The first kappa shape index (κ1) is 19.7. The molecular formula is C20H21F3N6S. The molecule has 1 aromatic rings. The second kappa shape index (κ2) is 7.75. The van der Waals surface area contributed by atoms with Gasteiger partial charge in [-0.15, -0.1) is 0 Å². The Bertz CT molecular complexity index is 981. The lowest BCUT2D eigenvalue weighted by Crippen LogP contribution is -2.38. The molecule has 30 heavy (non-hydrogen) atoms. The molecular weight excluding hydrogens is 413 g/mol. The van der Waals surface area contributed by atoms with E-state index in [9.17, 15) is 13.2 Å². The Morgan fingerprint density at radius 1 is 1.07 bits per heavy atom. The third-order valence-corrected chi connectivity index (χ3v) is 6.55. The van der Waals surface area contributed by atoms with Crippen molar-refractivity contribution in [1.82, 2.24) is 25.0 Å². The van der Waals surface area contributed by atoms with Crippen LogP contribution in [0.25, 0.3) is 11.4 Å². The fraction of sp³-hybridized carbons (Fsp3) is 0.400. The normalized spacial score (nSPS) is 20.4. The summed E-state index contributed by atoms with van der Waals surface area (Å²) in [6, 6.07) is 8.89. The van der Waals surface area contributed by atoms with Crippen molar-refractivity contribution in [2.75, 3.05) is 18.6 Å². The number of nitrogens with zero attached hydrogens (tertiary/aromatic N) is 4. The van der Waals surface area contributed by atoms with E-state index in [1.54, 1.807) is 36.8 Å². The zero-order valence-electron chi connectivity index (χ0n) is 16.1. The predicted octanol–water partition coefficient (Wildman–Crippen LogP) is 4.01. The average Bonchev–Trinajstić information content (AvgIpc) is 3.35. The molecule has 1 fully saturated rings. The zero-order valence-corrected chi connectivity index (χ0v) is 16.9. The lowest BCUT2D eigenvalue weighted by atomic mass is 9.86. The van der Waals surface area contributed by atoms with Gasteiger partial charge in [0.2, 0.25) is 0 Å². The molecule has 4 heterocycles. The fourth-order valence-corrected chi connectivity index (χ4v) is 4.93. The molecule has 0 bridgehead atoms. The molecule has 1 unspecified atom stereocenters. The van der Waals surface area contributed by atoms with Crippen molar-refractivity contribution >= 4 is 11.8 Å². The van der Waals surface area contributed by atoms with Gasteiger partial charge < -0.3 is 0 Å². The molecule has 0 aromatic heterocycles. The molecule has 0 radical (unpaired) electrons. The van der Waals surface area contributed by atoms with Gasteiger partial charge in [-0.1, -0.05) is 12.1 Å². The quantitative estimate of drug-likeness (QED) is 0.606. The molecule has 0 amide bonds. The number of halogens is 3. The minimum Gasteiger partial charge on any atom is -0.299 e. The number of benzene rings is 1. The van der Waals surface area contributed by atoms with Gasteiger partial charge in [-0.25, -0.2) is 20.1 Å². The Morgan fingerprint density at radius 3 is 2.57 bits per heavy atom. The van der Waals surface area contributed by atoms with Crippen LogP contribution in [0.15, 0.2) is 47.8 Å². The Kier molecular flexibility index (Phi) is 5.08. The molecule has 4 aliphatic heterocycles. The van der Waals surface area contributed by atoms with Crippen LogP contribution in [0.4, 0.5) is 13.2 Å². The van der Waals surface area contributed by atoms with Gasteiger partial charge >= 0.3 is 5.51 Å². The Hall–Kier alpha value is -2.30. The third-order valence-electron chi connectivity index (χ3n) is 5.81. The van der Waals surface area contributed by atoms with Gasteiger partial charge in [0.15, 0.2) is 5.82 Å². The molecule has 1 atom stereocenters. The van der Waals surface area contributed by atoms with Crippen LogP contribution in [-0.2, 0) is 6.54 Å². The van der Waals surface area contributed by atoms with E-state index in [1.807, 2.05) is 10.7 Å². The van der Waals surface area contributed by atoms with E-state index in [-0.39, 0.29) is 22.7 Å². The Morgan fingerprint density at radius 2 is 1.83 bits per heavy atom. The first-order valence-corrected chi connectivity index (χ1v) is 10.7. The summed E-state index contributed by atoms with van der Waals surface area (Å²) in [5, 5.41) is 0. The van der Waals surface area contributed by atoms with Gasteiger partial charge in [0.1, 0.15) is 6.33 Å². The number of rotatable bonds is 4. The lowest BCUT2D eigenvalue weighted by Gasteiger charge is -2.34. The molecule has 6 nitrogen and oxygen atoms in total. The number of hydrogen-bond donors (Lipinski definition) is 2. The summed E-state index contributed by atoms with van der Waals surface area (Å²) in [6.45, 7) is 2.66. The predicted molar refractivity (Wildman–Crippen MR) is 108 cm³/mol. The van der Waals surface area contributed by atoms with Gasteiger partial charge in [0, 0.05) is 23.2 Å². The number of aromatic nitrogens is 3. The summed E-state index contributed by atoms with van der Waals surface area (Å²) >= 11 is -0.0717. The Balaban J connectivity index is 1.20. The van der Waals surface area contributed by atoms with Gasteiger partial charge in [0.25, 0.3) is 0 Å². The first-order valence-electron chi connectivity index (χ1n) is 9.87.